The summed E-state index contributed by atoms with van der Waals surface area (Å²) in [6.07, 6.45) is -3.21. The summed E-state index contributed by atoms with van der Waals surface area (Å²) in [5.74, 6) is -0.440. The zero-order chi connectivity index (χ0) is 14.8. The monoisotopic (exact) mass is 287 g/mol. The van der Waals surface area contributed by atoms with Crippen LogP contribution in [0.15, 0.2) is 18.2 Å². The SMILES string of the molecule is Cc1ccc(NC(=O)C2CCOCC2)cc1C(F)(F)F. The number of ether oxygens (including phenoxy) is 1. The van der Waals surface area contributed by atoms with E-state index in [1.54, 1.807) is 0 Å². The van der Waals surface area contributed by atoms with Gasteiger partial charge in [-0.1, -0.05) is 6.07 Å². The molecule has 1 aromatic carbocycles. The number of hydrogen-bond donors (Lipinski definition) is 1. The van der Waals surface area contributed by atoms with Gasteiger partial charge in [-0.2, -0.15) is 13.2 Å². The van der Waals surface area contributed by atoms with Crippen LogP contribution in [0.2, 0.25) is 0 Å². The van der Waals surface area contributed by atoms with Crippen LogP contribution in [0.4, 0.5) is 18.9 Å². The van der Waals surface area contributed by atoms with Crippen molar-refractivity contribution in [2.24, 2.45) is 5.92 Å². The van der Waals surface area contributed by atoms with Crippen molar-refractivity contribution >= 4 is 11.6 Å². The largest absolute Gasteiger partial charge is 0.416 e. The fourth-order valence-corrected chi connectivity index (χ4v) is 2.21. The predicted octanol–water partition coefficient (Wildman–Crippen LogP) is 3.38. The number of carbonyl (C=O) groups is 1. The van der Waals surface area contributed by atoms with Gasteiger partial charge in [0.15, 0.2) is 0 Å². The molecule has 1 aromatic rings. The maximum absolute atomic E-state index is 12.8. The Morgan fingerprint density at radius 3 is 2.55 bits per heavy atom. The van der Waals surface area contributed by atoms with E-state index >= 15 is 0 Å². The zero-order valence-corrected chi connectivity index (χ0v) is 11.1. The number of alkyl halides is 3. The van der Waals surface area contributed by atoms with E-state index in [-0.39, 0.29) is 23.1 Å². The molecule has 0 radical (unpaired) electrons. The maximum atomic E-state index is 12.8. The van der Waals surface area contributed by atoms with Crippen molar-refractivity contribution in [2.45, 2.75) is 25.9 Å². The molecule has 0 bridgehead atoms. The van der Waals surface area contributed by atoms with E-state index in [2.05, 4.69) is 5.32 Å². The van der Waals surface area contributed by atoms with Crippen LogP contribution in [0.3, 0.4) is 0 Å². The van der Waals surface area contributed by atoms with Crippen molar-refractivity contribution in [3.63, 3.8) is 0 Å². The highest BCUT2D eigenvalue weighted by molar-refractivity contribution is 5.92. The van der Waals surface area contributed by atoms with Gasteiger partial charge >= 0.3 is 6.18 Å². The Balaban J connectivity index is 2.11. The van der Waals surface area contributed by atoms with Crippen molar-refractivity contribution < 1.29 is 22.7 Å². The Bertz CT molecular complexity index is 494. The molecule has 2 rings (SSSR count). The molecule has 1 N–H and O–H groups in total. The summed E-state index contributed by atoms with van der Waals surface area (Å²) >= 11 is 0. The van der Waals surface area contributed by atoms with E-state index < -0.39 is 11.7 Å². The number of nitrogens with one attached hydrogen (secondary N) is 1. The van der Waals surface area contributed by atoms with Gasteiger partial charge < -0.3 is 10.1 Å². The number of amides is 1. The summed E-state index contributed by atoms with van der Waals surface area (Å²) in [5.41, 5.74) is -0.400. The van der Waals surface area contributed by atoms with Gasteiger partial charge in [0.05, 0.1) is 5.56 Å². The molecular formula is C14H16F3NO2. The lowest BCUT2D eigenvalue weighted by atomic mass is 9.99. The lowest BCUT2D eigenvalue weighted by Gasteiger charge is -2.21. The second-order valence-corrected chi connectivity index (χ2v) is 4.90. The van der Waals surface area contributed by atoms with Crippen LogP contribution < -0.4 is 5.32 Å². The third-order valence-electron chi connectivity index (χ3n) is 3.40. The summed E-state index contributed by atoms with van der Waals surface area (Å²) in [7, 11) is 0. The highest BCUT2D eigenvalue weighted by Gasteiger charge is 2.32. The molecule has 0 atom stereocenters. The van der Waals surface area contributed by atoms with Gasteiger partial charge in [-0.3, -0.25) is 4.79 Å². The van der Waals surface area contributed by atoms with Gasteiger partial charge in [-0.15, -0.1) is 0 Å². The summed E-state index contributed by atoms with van der Waals surface area (Å²) in [6, 6.07) is 3.83. The minimum atomic E-state index is -4.41. The van der Waals surface area contributed by atoms with Crippen LogP contribution in [0.5, 0.6) is 0 Å². The molecule has 1 saturated heterocycles. The van der Waals surface area contributed by atoms with E-state index in [1.807, 2.05) is 0 Å². The normalized spacial score (nSPS) is 17.0. The Labute approximate surface area is 115 Å². The topological polar surface area (TPSA) is 38.3 Å². The number of halogens is 3. The number of anilines is 1. The van der Waals surface area contributed by atoms with Crippen molar-refractivity contribution in [1.29, 1.82) is 0 Å². The van der Waals surface area contributed by atoms with Gasteiger partial charge in [0, 0.05) is 24.8 Å². The smallest absolute Gasteiger partial charge is 0.381 e. The molecule has 0 spiro atoms. The third-order valence-corrected chi connectivity index (χ3v) is 3.40. The number of carbonyl (C=O) groups excluding carboxylic acids is 1. The van der Waals surface area contributed by atoms with Gasteiger partial charge in [0.2, 0.25) is 5.91 Å². The molecule has 20 heavy (non-hydrogen) atoms. The maximum Gasteiger partial charge on any atom is 0.416 e. The molecule has 1 aliphatic heterocycles. The minimum absolute atomic E-state index is 0.140. The standard InChI is InChI=1S/C14H16F3NO2/c1-9-2-3-11(8-12(9)14(15,16)17)18-13(19)10-4-6-20-7-5-10/h2-3,8,10H,4-7H2,1H3,(H,18,19). The van der Waals surface area contributed by atoms with Crippen LogP contribution in [0.1, 0.15) is 24.0 Å². The van der Waals surface area contributed by atoms with E-state index in [0.717, 1.165) is 6.07 Å². The van der Waals surface area contributed by atoms with Gasteiger partial charge in [-0.25, -0.2) is 0 Å². The molecule has 6 heteroatoms. The lowest BCUT2D eigenvalue weighted by molar-refractivity contribution is -0.138. The third kappa shape index (κ3) is 3.50. The van der Waals surface area contributed by atoms with Crippen molar-refractivity contribution in [1.82, 2.24) is 0 Å². The van der Waals surface area contributed by atoms with Crippen LogP contribution in [-0.4, -0.2) is 19.1 Å². The highest BCUT2D eigenvalue weighted by Crippen LogP contribution is 2.33. The first-order valence-electron chi connectivity index (χ1n) is 6.44. The van der Waals surface area contributed by atoms with Crippen LogP contribution in [0, 0.1) is 12.8 Å². The molecule has 1 heterocycles. The molecule has 1 aliphatic rings. The van der Waals surface area contributed by atoms with E-state index in [9.17, 15) is 18.0 Å². The van der Waals surface area contributed by atoms with Crippen molar-refractivity contribution in [3.8, 4) is 0 Å². The zero-order valence-electron chi connectivity index (χ0n) is 11.1. The van der Waals surface area contributed by atoms with Gasteiger partial charge in [0.1, 0.15) is 0 Å². The minimum Gasteiger partial charge on any atom is -0.381 e. The molecule has 0 saturated carbocycles. The fraction of sp³-hybridized carbons (Fsp3) is 0.500. The Morgan fingerprint density at radius 1 is 1.30 bits per heavy atom. The van der Waals surface area contributed by atoms with Crippen LogP contribution >= 0.6 is 0 Å². The summed E-state index contributed by atoms with van der Waals surface area (Å²) in [5, 5.41) is 2.56. The van der Waals surface area contributed by atoms with E-state index in [4.69, 9.17) is 4.74 Å². The first-order valence-corrected chi connectivity index (χ1v) is 6.44. The Hall–Kier alpha value is -1.56. The molecule has 110 valence electrons. The van der Waals surface area contributed by atoms with Gasteiger partial charge in [-0.05, 0) is 37.5 Å². The number of aryl methyl sites for hydroxylation is 1. The summed E-state index contributed by atoms with van der Waals surface area (Å²) in [6.45, 7) is 2.42. The molecule has 0 aromatic heterocycles. The van der Waals surface area contributed by atoms with Crippen molar-refractivity contribution in [3.05, 3.63) is 29.3 Å². The Kier molecular flexibility index (Phi) is 4.32. The highest BCUT2D eigenvalue weighted by atomic mass is 19.4. The van der Waals surface area contributed by atoms with Crippen molar-refractivity contribution in [2.75, 3.05) is 18.5 Å². The predicted molar refractivity (Wildman–Crippen MR) is 68.4 cm³/mol. The van der Waals surface area contributed by atoms with E-state index in [1.165, 1.54) is 19.1 Å². The average molecular weight is 287 g/mol. The quantitative estimate of drug-likeness (QED) is 0.905. The number of rotatable bonds is 2. The van der Waals surface area contributed by atoms with E-state index in [0.29, 0.717) is 26.1 Å². The molecule has 3 nitrogen and oxygen atoms in total. The second-order valence-electron chi connectivity index (χ2n) is 4.90. The number of benzene rings is 1. The molecule has 0 unspecified atom stereocenters. The average Bonchev–Trinajstić information content (AvgIpc) is 2.40. The molecule has 1 fully saturated rings. The lowest BCUT2D eigenvalue weighted by Crippen LogP contribution is -2.28. The molecule has 1 amide bonds. The van der Waals surface area contributed by atoms with Gasteiger partial charge in [0.25, 0.3) is 0 Å². The first kappa shape index (κ1) is 14.8. The summed E-state index contributed by atoms with van der Waals surface area (Å²) < 4.78 is 43.5. The number of hydrogen-bond acceptors (Lipinski definition) is 2. The van der Waals surface area contributed by atoms with Crippen LogP contribution in [0.25, 0.3) is 0 Å². The molecule has 0 aliphatic carbocycles. The van der Waals surface area contributed by atoms with Crippen LogP contribution in [-0.2, 0) is 15.7 Å². The fourth-order valence-electron chi connectivity index (χ4n) is 2.21. The second kappa shape index (κ2) is 5.83. The summed E-state index contributed by atoms with van der Waals surface area (Å²) in [4.78, 5) is 12.0. The Morgan fingerprint density at radius 2 is 1.95 bits per heavy atom. The molecular weight excluding hydrogens is 271 g/mol. The first-order chi connectivity index (χ1) is 9.38.